The molecule has 0 aliphatic heterocycles. The molecule has 2 N–H and O–H groups in total. The predicted molar refractivity (Wildman–Crippen MR) is 77.8 cm³/mol. The van der Waals surface area contributed by atoms with E-state index in [0.717, 1.165) is 19.6 Å². The van der Waals surface area contributed by atoms with Crippen molar-refractivity contribution < 1.29 is 5.11 Å². The first-order chi connectivity index (χ1) is 8.45. The second-order valence-electron chi connectivity index (χ2n) is 6.54. The van der Waals surface area contributed by atoms with E-state index in [1.54, 1.807) is 0 Å². The SMILES string of the molecule is CCNC(CO)(CN(CC(C)C)C(C)C)C1CC1. The Morgan fingerprint density at radius 2 is 1.89 bits per heavy atom. The van der Waals surface area contributed by atoms with Crippen LogP contribution in [0.25, 0.3) is 0 Å². The van der Waals surface area contributed by atoms with E-state index >= 15 is 0 Å². The van der Waals surface area contributed by atoms with Crippen LogP contribution in [0.1, 0.15) is 47.5 Å². The highest BCUT2D eigenvalue weighted by atomic mass is 16.3. The van der Waals surface area contributed by atoms with Crippen molar-refractivity contribution in [3.05, 3.63) is 0 Å². The van der Waals surface area contributed by atoms with Gasteiger partial charge in [0, 0.05) is 19.1 Å². The van der Waals surface area contributed by atoms with Crippen molar-refractivity contribution >= 4 is 0 Å². The second-order valence-corrected chi connectivity index (χ2v) is 6.54. The summed E-state index contributed by atoms with van der Waals surface area (Å²) in [5, 5.41) is 13.5. The molecule has 0 radical (unpaired) electrons. The van der Waals surface area contributed by atoms with Gasteiger partial charge in [0.25, 0.3) is 0 Å². The molecule has 1 aliphatic rings. The summed E-state index contributed by atoms with van der Waals surface area (Å²) < 4.78 is 0. The Morgan fingerprint density at radius 1 is 1.28 bits per heavy atom. The number of nitrogens with one attached hydrogen (secondary N) is 1. The quantitative estimate of drug-likeness (QED) is 0.663. The summed E-state index contributed by atoms with van der Waals surface area (Å²) in [6, 6.07) is 0.538. The number of hydrogen-bond acceptors (Lipinski definition) is 3. The highest BCUT2D eigenvalue weighted by molar-refractivity contribution is 5.03. The molecule has 0 aromatic heterocycles. The average Bonchev–Trinajstić information content (AvgIpc) is 3.10. The summed E-state index contributed by atoms with van der Waals surface area (Å²) in [5.41, 5.74) is -0.0755. The summed E-state index contributed by atoms with van der Waals surface area (Å²) in [6.07, 6.45) is 2.53. The van der Waals surface area contributed by atoms with Gasteiger partial charge in [0.15, 0.2) is 0 Å². The normalized spacial score (nSPS) is 19.8. The first kappa shape index (κ1) is 15.9. The van der Waals surface area contributed by atoms with E-state index in [4.69, 9.17) is 0 Å². The van der Waals surface area contributed by atoms with Crippen LogP contribution in [0.2, 0.25) is 0 Å². The van der Waals surface area contributed by atoms with Gasteiger partial charge in [0.05, 0.1) is 12.1 Å². The van der Waals surface area contributed by atoms with E-state index in [0.29, 0.717) is 17.9 Å². The predicted octanol–water partition coefficient (Wildman–Crippen LogP) is 2.10. The van der Waals surface area contributed by atoms with Gasteiger partial charge in [-0.2, -0.15) is 0 Å². The largest absolute Gasteiger partial charge is 0.394 e. The van der Waals surface area contributed by atoms with Crippen molar-refractivity contribution in [1.82, 2.24) is 10.2 Å². The molecule has 0 heterocycles. The van der Waals surface area contributed by atoms with Crippen molar-refractivity contribution in [2.75, 3.05) is 26.2 Å². The minimum atomic E-state index is -0.0755. The highest BCUT2D eigenvalue weighted by Crippen LogP contribution is 2.40. The third kappa shape index (κ3) is 4.22. The Hall–Kier alpha value is -0.120. The molecule has 0 spiro atoms. The number of likely N-dealkylation sites (N-methyl/N-ethyl adjacent to an activating group) is 1. The first-order valence-electron chi connectivity index (χ1n) is 7.55. The van der Waals surface area contributed by atoms with Crippen molar-refractivity contribution in [2.45, 2.75) is 59.0 Å². The molecule has 3 heteroatoms. The summed E-state index contributed by atoms with van der Waals surface area (Å²) in [4.78, 5) is 2.52. The third-order valence-corrected chi connectivity index (χ3v) is 3.99. The van der Waals surface area contributed by atoms with Crippen molar-refractivity contribution in [2.24, 2.45) is 11.8 Å². The van der Waals surface area contributed by atoms with Crippen LogP contribution in [0.3, 0.4) is 0 Å². The van der Waals surface area contributed by atoms with E-state index in [9.17, 15) is 5.11 Å². The Morgan fingerprint density at radius 3 is 2.22 bits per heavy atom. The van der Waals surface area contributed by atoms with Crippen molar-refractivity contribution in [3.63, 3.8) is 0 Å². The molecule has 1 unspecified atom stereocenters. The maximum Gasteiger partial charge on any atom is 0.0628 e. The highest BCUT2D eigenvalue weighted by Gasteiger charge is 2.45. The zero-order valence-electron chi connectivity index (χ0n) is 12.9. The number of nitrogens with zero attached hydrogens (tertiary/aromatic N) is 1. The van der Waals surface area contributed by atoms with Gasteiger partial charge in [0.1, 0.15) is 0 Å². The fraction of sp³-hybridized carbons (Fsp3) is 1.00. The summed E-state index contributed by atoms with van der Waals surface area (Å²) in [5.74, 6) is 1.33. The van der Waals surface area contributed by atoms with E-state index in [1.165, 1.54) is 12.8 Å². The van der Waals surface area contributed by atoms with E-state index < -0.39 is 0 Å². The molecule has 1 saturated carbocycles. The Bertz CT molecular complexity index is 239. The van der Waals surface area contributed by atoms with Crippen LogP contribution in [0.5, 0.6) is 0 Å². The van der Waals surface area contributed by atoms with Gasteiger partial charge in [-0.25, -0.2) is 0 Å². The molecule has 0 amide bonds. The van der Waals surface area contributed by atoms with Crippen LogP contribution < -0.4 is 5.32 Å². The van der Waals surface area contributed by atoms with Crippen LogP contribution in [0, 0.1) is 11.8 Å². The molecular formula is C15H32N2O. The minimum Gasteiger partial charge on any atom is -0.394 e. The number of aliphatic hydroxyl groups excluding tert-OH is 1. The molecule has 0 bridgehead atoms. The monoisotopic (exact) mass is 256 g/mol. The number of aliphatic hydroxyl groups is 1. The molecule has 18 heavy (non-hydrogen) atoms. The fourth-order valence-electron chi connectivity index (χ4n) is 2.84. The number of hydrogen-bond donors (Lipinski definition) is 2. The maximum absolute atomic E-state index is 9.89. The molecule has 1 atom stereocenters. The van der Waals surface area contributed by atoms with Crippen LogP contribution >= 0.6 is 0 Å². The minimum absolute atomic E-state index is 0.0755. The zero-order chi connectivity index (χ0) is 13.8. The molecule has 0 saturated heterocycles. The average molecular weight is 256 g/mol. The van der Waals surface area contributed by atoms with Gasteiger partial charge in [-0.1, -0.05) is 20.8 Å². The maximum atomic E-state index is 9.89. The fourth-order valence-corrected chi connectivity index (χ4v) is 2.84. The Kier molecular flexibility index (Phi) is 6.09. The third-order valence-electron chi connectivity index (χ3n) is 3.99. The molecule has 0 aromatic rings. The van der Waals surface area contributed by atoms with Gasteiger partial charge in [-0.15, -0.1) is 0 Å². The van der Waals surface area contributed by atoms with Crippen molar-refractivity contribution in [1.29, 1.82) is 0 Å². The zero-order valence-corrected chi connectivity index (χ0v) is 12.9. The van der Waals surface area contributed by atoms with Gasteiger partial charge >= 0.3 is 0 Å². The van der Waals surface area contributed by atoms with Gasteiger partial charge in [0.2, 0.25) is 0 Å². The molecule has 1 rings (SSSR count). The van der Waals surface area contributed by atoms with E-state index in [2.05, 4.69) is 44.8 Å². The lowest BCUT2D eigenvalue weighted by atomic mass is 9.92. The van der Waals surface area contributed by atoms with E-state index in [-0.39, 0.29) is 12.1 Å². The summed E-state index contributed by atoms with van der Waals surface area (Å²) >= 11 is 0. The van der Waals surface area contributed by atoms with E-state index in [1.807, 2.05) is 0 Å². The molecule has 1 aliphatic carbocycles. The molecular weight excluding hydrogens is 224 g/mol. The lowest BCUT2D eigenvalue weighted by molar-refractivity contribution is 0.0717. The van der Waals surface area contributed by atoms with Crippen molar-refractivity contribution in [3.8, 4) is 0 Å². The summed E-state index contributed by atoms with van der Waals surface area (Å²) in [6.45, 7) is 14.4. The summed E-state index contributed by atoms with van der Waals surface area (Å²) in [7, 11) is 0. The smallest absolute Gasteiger partial charge is 0.0628 e. The van der Waals surface area contributed by atoms with Crippen LogP contribution in [0.15, 0.2) is 0 Å². The molecule has 0 aromatic carbocycles. The topological polar surface area (TPSA) is 35.5 Å². The standard InChI is InChI=1S/C15H32N2O/c1-6-16-15(11-18,14-7-8-14)10-17(13(4)5)9-12(2)3/h12-14,16,18H,6-11H2,1-5H3. The van der Waals surface area contributed by atoms with Crippen LogP contribution in [0.4, 0.5) is 0 Å². The molecule has 3 nitrogen and oxygen atoms in total. The van der Waals surface area contributed by atoms with Gasteiger partial charge in [-0.3, -0.25) is 4.90 Å². The lowest BCUT2D eigenvalue weighted by Gasteiger charge is -2.40. The Balaban J connectivity index is 2.72. The molecule has 1 fully saturated rings. The van der Waals surface area contributed by atoms with Crippen LogP contribution in [-0.4, -0.2) is 47.8 Å². The molecule has 108 valence electrons. The number of rotatable bonds is 9. The van der Waals surface area contributed by atoms with Gasteiger partial charge < -0.3 is 10.4 Å². The lowest BCUT2D eigenvalue weighted by Crippen LogP contribution is -2.59. The van der Waals surface area contributed by atoms with Crippen LogP contribution in [-0.2, 0) is 0 Å². The second kappa shape index (κ2) is 6.88. The Labute approximate surface area is 113 Å². The first-order valence-corrected chi connectivity index (χ1v) is 7.55. The van der Waals surface area contributed by atoms with Gasteiger partial charge in [-0.05, 0) is 45.1 Å².